The molecule has 1 aromatic carbocycles. The highest BCUT2D eigenvalue weighted by Crippen LogP contribution is 2.33. The van der Waals surface area contributed by atoms with Crippen LogP contribution in [0.1, 0.15) is 18.4 Å². The number of hydrogen-bond donors (Lipinski definition) is 1. The number of nitrogens with zero attached hydrogens (tertiary/aromatic N) is 1. The van der Waals surface area contributed by atoms with Gasteiger partial charge in [0.2, 0.25) is 0 Å². The maximum atomic E-state index is 6.24. The average molecular weight is 239 g/mol. The molecule has 2 rings (SSSR count). The minimum absolute atomic E-state index is 0.823. The van der Waals surface area contributed by atoms with E-state index in [2.05, 4.69) is 23.3 Å². The summed E-state index contributed by atoms with van der Waals surface area (Å²) in [6.07, 6.45) is 2.76. The maximum absolute atomic E-state index is 6.24. The zero-order chi connectivity index (χ0) is 11.5. The molecular formula is C13H19ClN2. The van der Waals surface area contributed by atoms with Gasteiger partial charge < -0.3 is 10.2 Å². The Morgan fingerprint density at radius 2 is 2.19 bits per heavy atom. The first-order valence-electron chi connectivity index (χ1n) is 5.85. The van der Waals surface area contributed by atoms with Crippen LogP contribution in [0.2, 0.25) is 5.02 Å². The summed E-state index contributed by atoms with van der Waals surface area (Å²) in [5.41, 5.74) is 2.46. The third-order valence-electron chi connectivity index (χ3n) is 3.09. The van der Waals surface area contributed by atoms with Crippen LogP contribution in [0.5, 0.6) is 0 Å². The standard InChI is InChI=1S/C13H19ClN2/c1-15-8-11-12(14)4-3-5-13(11)16(2)9-10-6-7-10/h3-5,10,15H,6-9H2,1-2H3. The highest BCUT2D eigenvalue weighted by atomic mass is 35.5. The molecule has 88 valence electrons. The Balaban J connectivity index is 2.19. The third kappa shape index (κ3) is 2.69. The summed E-state index contributed by atoms with van der Waals surface area (Å²) in [5, 5.41) is 4.03. The molecule has 0 atom stereocenters. The number of nitrogens with one attached hydrogen (secondary N) is 1. The molecule has 0 aliphatic heterocycles. The van der Waals surface area contributed by atoms with Crippen molar-refractivity contribution in [2.75, 3.05) is 25.5 Å². The van der Waals surface area contributed by atoms with E-state index in [0.29, 0.717) is 0 Å². The van der Waals surface area contributed by atoms with E-state index in [9.17, 15) is 0 Å². The van der Waals surface area contributed by atoms with Gasteiger partial charge in [-0.15, -0.1) is 0 Å². The molecule has 0 heterocycles. The average Bonchev–Trinajstić information content (AvgIpc) is 3.05. The van der Waals surface area contributed by atoms with Gasteiger partial charge in [0.05, 0.1) is 0 Å². The molecule has 1 aromatic rings. The van der Waals surface area contributed by atoms with E-state index < -0.39 is 0 Å². The normalized spacial score (nSPS) is 15.2. The summed E-state index contributed by atoms with van der Waals surface area (Å²) in [6, 6.07) is 6.14. The Hall–Kier alpha value is -0.730. The molecule has 0 aromatic heterocycles. The summed E-state index contributed by atoms with van der Waals surface area (Å²) < 4.78 is 0. The molecule has 0 bridgehead atoms. The topological polar surface area (TPSA) is 15.3 Å². The minimum atomic E-state index is 0.823. The van der Waals surface area contributed by atoms with Crippen LogP contribution in [0.15, 0.2) is 18.2 Å². The lowest BCUT2D eigenvalue weighted by Gasteiger charge is -2.23. The molecule has 0 spiro atoms. The molecule has 3 heteroatoms. The Bertz CT molecular complexity index is 361. The quantitative estimate of drug-likeness (QED) is 0.849. The second-order valence-electron chi connectivity index (χ2n) is 4.59. The summed E-state index contributed by atoms with van der Waals surface area (Å²) in [5.74, 6) is 0.895. The first-order chi connectivity index (χ1) is 7.72. The molecule has 0 unspecified atom stereocenters. The second kappa shape index (κ2) is 5.07. The highest BCUT2D eigenvalue weighted by Gasteiger charge is 2.23. The van der Waals surface area contributed by atoms with Crippen LogP contribution in [0.4, 0.5) is 5.69 Å². The predicted octanol–water partition coefficient (Wildman–Crippen LogP) is 2.91. The van der Waals surface area contributed by atoms with Crippen molar-refractivity contribution in [3.8, 4) is 0 Å². The van der Waals surface area contributed by atoms with Gasteiger partial charge in [-0.1, -0.05) is 17.7 Å². The summed E-state index contributed by atoms with van der Waals surface area (Å²) >= 11 is 6.24. The van der Waals surface area contributed by atoms with Crippen LogP contribution in [0.3, 0.4) is 0 Å². The van der Waals surface area contributed by atoms with E-state index in [-0.39, 0.29) is 0 Å². The van der Waals surface area contributed by atoms with Crippen LogP contribution in [0.25, 0.3) is 0 Å². The molecule has 1 aliphatic rings. The van der Waals surface area contributed by atoms with E-state index in [1.54, 1.807) is 0 Å². The van der Waals surface area contributed by atoms with Crippen molar-refractivity contribution >= 4 is 17.3 Å². The Kier molecular flexibility index (Phi) is 3.72. The van der Waals surface area contributed by atoms with Crippen molar-refractivity contribution in [1.82, 2.24) is 5.32 Å². The fraction of sp³-hybridized carbons (Fsp3) is 0.538. The molecule has 0 radical (unpaired) electrons. The lowest BCUT2D eigenvalue weighted by Crippen LogP contribution is -2.22. The van der Waals surface area contributed by atoms with Crippen molar-refractivity contribution in [2.45, 2.75) is 19.4 Å². The van der Waals surface area contributed by atoms with Crippen LogP contribution in [0, 0.1) is 5.92 Å². The predicted molar refractivity (Wildman–Crippen MR) is 70.2 cm³/mol. The van der Waals surface area contributed by atoms with Crippen molar-refractivity contribution in [3.63, 3.8) is 0 Å². The number of hydrogen-bond acceptors (Lipinski definition) is 2. The Morgan fingerprint density at radius 3 is 2.81 bits per heavy atom. The lowest BCUT2D eigenvalue weighted by molar-refractivity contribution is 0.768. The second-order valence-corrected chi connectivity index (χ2v) is 5.00. The van der Waals surface area contributed by atoms with Gasteiger partial charge in [0.1, 0.15) is 0 Å². The van der Waals surface area contributed by atoms with E-state index in [1.807, 2.05) is 19.2 Å². The number of rotatable bonds is 5. The molecular weight excluding hydrogens is 220 g/mol. The largest absolute Gasteiger partial charge is 0.374 e. The first kappa shape index (κ1) is 11.7. The van der Waals surface area contributed by atoms with Crippen LogP contribution in [-0.4, -0.2) is 20.6 Å². The zero-order valence-corrected chi connectivity index (χ0v) is 10.7. The molecule has 1 N–H and O–H groups in total. The van der Waals surface area contributed by atoms with Crippen molar-refractivity contribution in [3.05, 3.63) is 28.8 Å². The van der Waals surface area contributed by atoms with Crippen LogP contribution >= 0.6 is 11.6 Å². The van der Waals surface area contributed by atoms with Gasteiger partial charge in [-0.05, 0) is 37.9 Å². The van der Waals surface area contributed by atoms with E-state index in [1.165, 1.54) is 24.1 Å². The molecule has 0 amide bonds. The fourth-order valence-electron chi connectivity index (χ4n) is 2.04. The SMILES string of the molecule is CNCc1c(Cl)cccc1N(C)CC1CC1. The van der Waals surface area contributed by atoms with Crippen LogP contribution < -0.4 is 10.2 Å². The van der Waals surface area contributed by atoms with Gasteiger partial charge in [0.25, 0.3) is 0 Å². The monoisotopic (exact) mass is 238 g/mol. The van der Waals surface area contributed by atoms with Gasteiger partial charge in [-0.25, -0.2) is 0 Å². The van der Waals surface area contributed by atoms with Gasteiger partial charge in [0, 0.05) is 36.4 Å². The smallest absolute Gasteiger partial charge is 0.0471 e. The lowest BCUT2D eigenvalue weighted by atomic mass is 10.1. The molecule has 2 nitrogen and oxygen atoms in total. The minimum Gasteiger partial charge on any atom is -0.374 e. The van der Waals surface area contributed by atoms with Crippen molar-refractivity contribution < 1.29 is 0 Å². The summed E-state index contributed by atoms with van der Waals surface area (Å²) in [7, 11) is 4.11. The molecule has 1 saturated carbocycles. The molecule has 0 saturated heterocycles. The maximum Gasteiger partial charge on any atom is 0.0471 e. The summed E-state index contributed by atoms with van der Waals surface area (Å²) in [6.45, 7) is 1.97. The Morgan fingerprint density at radius 1 is 1.44 bits per heavy atom. The Labute approximate surface area is 103 Å². The van der Waals surface area contributed by atoms with Crippen molar-refractivity contribution in [2.24, 2.45) is 5.92 Å². The number of benzene rings is 1. The third-order valence-corrected chi connectivity index (χ3v) is 3.44. The molecule has 16 heavy (non-hydrogen) atoms. The molecule has 1 aliphatic carbocycles. The highest BCUT2D eigenvalue weighted by molar-refractivity contribution is 6.31. The van der Waals surface area contributed by atoms with Crippen LogP contribution in [-0.2, 0) is 6.54 Å². The van der Waals surface area contributed by atoms with Gasteiger partial charge >= 0.3 is 0 Å². The fourth-order valence-corrected chi connectivity index (χ4v) is 2.28. The number of anilines is 1. The van der Waals surface area contributed by atoms with E-state index in [4.69, 9.17) is 11.6 Å². The van der Waals surface area contributed by atoms with E-state index >= 15 is 0 Å². The van der Waals surface area contributed by atoms with Gasteiger partial charge in [-0.3, -0.25) is 0 Å². The zero-order valence-electron chi connectivity index (χ0n) is 9.96. The molecule has 1 fully saturated rings. The van der Waals surface area contributed by atoms with Crippen molar-refractivity contribution in [1.29, 1.82) is 0 Å². The van der Waals surface area contributed by atoms with Gasteiger partial charge in [-0.2, -0.15) is 0 Å². The number of halogens is 1. The first-order valence-corrected chi connectivity index (χ1v) is 6.23. The summed E-state index contributed by atoms with van der Waals surface area (Å²) in [4.78, 5) is 2.33. The van der Waals surface area contributed by atoms with Gasteiger partial charge in [0.15, 0.2) is 0 Å². The van der Waals surface area contributed by atoms with E-state index in [0.717, 1.165) is 24.0 Å².